The zero-order valence-corrected chi connectivity index (χ0v) is 19.1. The number of fused-ring (bicyclic) bond motifs is 2. The highest BCUT2D eigenvalue weighted by Gasteiger charge is 2.42. The molecule has 0 saturated carbocycles. The first-order chi connectivity index (χ1) is 14.9. The Morgan fingerprint density at radius 2 is 1.87 bits per heavy atom. The normalized spacial score (nSPS) is 15.8. The Bertz CT molecular complexity index is 1170. The first kappa shape index (κ1) is 21.7. The van der Waals surface area contributed by atoms with Crippen molar-refractivity contribution in [3.63, 3.8) is 0 Å². The van der Waals surface area contributed by atoms with Gasteiger partial charge in [0.2, 0.25) is 5.76 Å². The molecule has 1 aromatic heterocycles. The van der Waals surface area contributed by atoms with Crippen molar-refractivity contribution >= 4 is 28.6 Å². The number of hydrogen-bond donors (Lipinski definition) is 0. The number of carbonyl (C=O) groups is 1. The first-order valence-corrected chi connectivity index (χ1v) is 11.8. The second-order valence-corrected chi connectivity index (χ2v) is 9.00. The molecule has 1 amide bonds. The van der Waals surface area contributed by atoms with Crippen molar-refractivity contribution in [3.8, 4) is 0 Å². The lowest BCUT2D eigenvalue weighted by Crippen LogP contribution is -2.31. The number of amides is 1. The number of hydrogen-bond acceptors (Lipinski definition) is 5. The summed E-state index contributed by atoms with van der Waals surface area (Å²) in [5.41, 5.74) is 2.64. The Kier molecular flexibility index (Phi) is 6.21. The number of rotatable bonds is 7. The summed E-state index contributed by atoms with van der Waals surface area (Å²) in [5.74, 6) is -0.0804. The van der Waals surface area contributed by atoms with Crippen LogP contribution in [0.4, 0.5) is 0 Å². The van der Waals surface area contributed by atoms with Gasteiger partial charge in [-0.05, 0) is 63.3 Å². The third-order valence-corrected chi connectivity index (χ3v) is 6.29. The zero-order valence-electron chi connectivity index (χ0n) is 18.3. The molecule has 3 aromatic rings. The maximum atomic E-state index is 13.5. The van der Waals surface area contributed by atoms with E-state index >= 15 is 0 Å². The van der Waals surface area contributed by atoms with Gasteiger partial charge in [0.1, 0.15) is 5.58 Å². The predicted molar refractivity (Wildman–Crippen MR) is 124 cm³/mol. The van der Waals surface area contributed by atoms with Gasteiger partial charge >= 0.3 is 0 Å². The monoisotopic (exact) mass is 437 g/mol. The smallest absolute Gasteiger partial charge is 0.290 e. The van der Waals surface area contributed by atoms with Gasteiger partial charge in [-0.2, -0.15) is 0 Å². The Hall–Kier alpha value is -2.57. The second-order valence-electron chi connectivity index (χ2n) is 8.12. The molecule has 0 radical (unpaired) electrons. The number of nitrogens with zero attached hydrogens (tertiary/aromatic N) is 1. The minimum Gasteiger partial charge on any atom is -0.450 e. The topological polar surface area (TPSA) is 59.8 Å². The van der Waals surface area contributed by atoms with E-state index in [0.29, 0.717) is 36.1 Å². The molecule has 0 spiro atoms. The van der Waals surface area contributed by atoms with E-state index in [0.717, 1.165) is 16.0 Å². The Morgan fingerprint density at radius 3 is 2.55 bits per heavy atom. The van der Waals surface area contributed by atoms with Crippen LogP contribution >= 0.6 is 11.8 Å². The lowest BCUT2D eigenvalue weighted by molar-refractivity contribution is 0.0593. The summed E-state index contributed by atoms with van der Waals surface area (Å²) in [5, 5.41) is 0.516. The summed E-state index contributed by atoms with van der Waals surface area (Å²) in [7, 11) is 0. The van der Waals surface area contributed by atoms with Gasteiger partial charge < -0.3 is 14.1 Å². The molecule has 2 heterocycles. The van der Waals surface area contributed by atoms with Crippen LogP contribution in [-0.4, -0.2) is 36.3 Å². The molecule has 0 unspecified atom stereocenters. The van der Waals surface area contributed by atoms with Crippen molar-refractivity contribution in [2.24, 2.45) is 0 Å². The highest BCUT2D eigenvalue weighted by atomic mass is 32.2. The molecule has 1 aliphatic heterocycles. The molecule has 0 bridgehead atoms. The molecular formula is C25H27NO4S. The van der Waals surface area contributed by atoms with Crippen LogP contribution in [0, 0.1) is 6.92 Å². The third-order valence-electron chi connectivity index (χ3n) is 5.55. The van der Waals surface area contributed by atoms with Crippen molar-refractivity contribution in [2.45, 2.75) is 44.2 Å². The summed E-state index contributed by atoms with van der Waals surface area (Å²) < 4.78 is 11.7. The maximum Gasteiger partial charge on any atom is 0.290 e. The third kappa shape index (κ3) is 4.14. The van der Waals surface area contributed by atoms with E-state index in [2.05, 4.69) is 0 Å². The first-order valence-electron chi connectivity index (χ1n) is 10.5. The van der Waals surface area contributed by atoms with Crippen LogP contribution in [0.3, 0.4) is 0 Å². The molecule has 1 aliphatic rings. The molecule has 0 fully saturated rings. The molecule has 0 saturated heterocycles. The number of thioether (sulfide) groups is 1. The number of carbonyl (C=O) groups excluding carboxylic acids is 1. The molecular weight excluding hydrogens is 410 g/mol. The van der Waals surface area contributed by atoms with E-state index in [-0.39, 0.29) is 23.2 Å². The summed E-state index contributed by atoms with van der Waals surface area (Å²) in [6, 6.07) is 13.1. The van der Waals surface area contributed by atoms with Crippen molar-refractivity contribution in [1.29, 1.82) is 0 Å². The fourth-order valence-corrected chi connectivity index (χ4v) is 4.46. The van der Waals surface area contributed by atoms with Gasteiger partial charge in [-0.25, -0.2) is 0 Å². The highest BCUT2D eigenvalue weighted by molar-refractivity contribution is 7.98. The minimum absolute atomic E-state index is 0.131. The fraction of sp³-hybridized carbons (Fsp3) is 0.360. The average molecular weight is 438 g/mol. The van der Waals surface area contributed by atoms with Crippen LogP contribution in [0.15, 0.2) is 56.6 Å². The molecule has 0 aliphatic carbocycles. The molecule has 6 heteroatoms. The number of ether oxygens (including phenoxy) is 1. The largest absolute Gasteiger partial charge is 0.450 e. The predicted octanol–water partition coefficient (Wildman–Crippen LogP) is 5.18. The molecule has 5 nitrogen and oxygen atoms in total. The van der Waals surface area contributed by atoms with Crippen LogP contribution in [-0.2, 0) is 4.74 Å². The summed E-state index contributed by atoms with van der Waals surface area (Å²) in [4.78, 5) is 29.7. The molecule has 31 heavy (non-hydrogen) atoms. The van der Waals surface area contributed by atoms with Crippen LogP contribution in [0.25, 0.3) is 11.0 Å². The number of aryl methyl sites for hydroxylation is 1. The van der Waals surface area contributed by atoms with Crippen molar-refractivity contribution in [2.75, 3.05) is 19.4 Å². The van der Waals surface area contributed by atoms with Crippen LogP contribution in [0.1, 0.15) is 53.6 Å². The Morgan fingerprint density at radius 1 is 1.13 bits per heavy atom. The molecule has 162 valence electrons. The molecule has 2 aromatic carbocycles. The summed E-state index contributed by atoms with van der Waals surface area (Å²) in [6.45, 7) is 6.96. The van der Waals surface area contributed by atoms with Gasteiger partial charge in [-0.1, -0.05) is 23.8 Å². The summed E-state index contributed by atoms with van der Waals surface area (Å²) in [6.07, 6.45) is 2.84. The van der Waals surface area contributed by atoms with Crippen molar-refractivity contribution in [1.82, 2.24) is 4.90 Å². The van der Waals surface area contributed by atoms with E-state index in [9.17, 15) is 9.59 Å². The maximum absolute atomic E-state index is 13.5. The fourth-order valence-electron chi connectivity index (χ4n) is 4.05. The van der Waals surface area contributed by atoms with E-state index in [1.165, 1.54) is 0 Å². The summed E-state index contributed by atoms with van der Waals surface area (Å²) >= 11 is 1.66. The van der Waals surface area contributed by atoms with Crippen LogP contribution < -0.4 is 5.43 Å². The standard InChI is InChI=1S/C25H27NO4S/c1-15(2)29-13-5-12-26-22(17-7-9-18(31-4)10-8-17)21-23(27)19-14-16(3)6-11-20(19)30-24(21)25(26)28/h6-11,14-15,22H,5,12-13H2,1-4H3/t22-/m0/s1. The number of benzene rings is 2. The molecule has 1 atom stereocenters. The lowest BCUT2D eigenvalue weighted by Gasteiger charge is -2.25. The van der Waals surface area contributed by atoms with E-state index in [4.69, 9.17) is 9.15 Å². The zero-order chi connectivity index (χ0) is 22.1. The van der Waals surface area contributed by atoms with Gasteiger partial charge in [0.05, 0.1) is 23.1 Å². The van der Waals surface area contributed by atoms with Crippen LogP contribution in [0.2, 0.25) is 0 Å². The average Bonchev–Trinajstić information content (AvgIpc) is 3.04. The Labute approximate surface area is 186 Å². The lowest BCUT2D eigenvalue weighted by atomic mass is 9.98. The van der Waals surface area contributed by atoms with Gasteiger partial charge in [-0.15, -0.1) is 11.8 Å². The second kappa shape index (κ2) is 8.89. The van der Waals surface area contributed by atoms with Gasteiger partial charge in [-0.3, -0.25) is 9.59 Å². The minimum atomic E-state index is -0.460. The van der Waals surface area contributed by atoms with Gasteiger partial charge in [0.25, 0.3) is 5.91 Å². The SMILES string of the molecule is CSc1ccc([C@H]2c3c(oc4ccc(C)cc4c3=O)C(=O)N2CCCOC(C)C)cc1. The van der Waals surface area contributed by atoms with E-state index < -0.39 is 6.04 Å². The van der Waals surface area contributed by atoms with E-state index in [1.54, 1.807) is 22.7 Å². The Balaban J connectivity index is 1.81. The van der Waals surface area contributed by atoms with E-state index in [1.807, 2.05) is 63.4 Å². The van der Waals surface area contributed by atoms with Crippen molar-refractivity contribution in [3.05, 3.63) is 75.1 Å². The van der Waals surface area contributed by atoms with Gasteiger partial charge in [0.15, 0.2) is 5.43 Å². The quantitative estimate of drug-likeness (QED) is 0.376. The van der Waals surface area contributed by atoms with Gasteiger partial charge in [0, 0.05) is 18.0 Å². The molecule has 0 N–H and O–H groups in total. The van der Waals surface area contributed by atoms with Crippen LogP contribution in [0.5, 0.6) is 0 Å². The van der Waals surface area contributed by atoms with Crippen molar-refractivity contribution < 1.29 is 13.9 Å². The highest BCUT2D eigenvalue weighted by Crippen LogP contribution is 2.38. The molecule has 4 rings (SSSR count).